The van der Waals surface area contributed by atoms with Gasteiger partial charge in [-0.1, -0.05) is 11.6 Å². The van der Waals surface area contributed by atoms with Crippen LogP contribution in [0.2, 0.25) is 5.02 Å². The minimum absolute atomic E-state index is 0.229. The maximum absolute atomic E-state index is 12.5. The summed E-state index contributed by atoms with van der Waals surface area (Å²) >= 11 is 9.46. The van der Waals surface area contributed by atoms with Crippen molar-refractivity contribution >= 4 is 50.7 Å². The average molecular weight is 428 g/mol. The number of methoxy groups -OCH3 is 2. The zero-order valence-electron chi connectivity index (χ0n) is 13.8. The van der Waals surface area contributed by atoms with Crippen molar-refractivity contribution in [2.24, 2.45) is 0 Å². The van der Waals surface area contributed by atoms with Crippen molar-refractivity contribution in [1.82, 2.24) is 0 Å². The number of amides is 2. The molecule has 25 heavy (non-hydrogen) atoms. The number of benzene rings is 2. The standard InChI is InChI=1S/C17H16BrClN2O4/c1-9(22)20-13-5-4-11(8-12(13)19)21-17(23)10-6-14(24-2)16(18)15(7-10)25-3/h4-8H,1-3H3,(H,20,22)(H,21,23). The Kier molecular flexibility index (Phi) is 6.27. The van der Waals surface area contributed by atoms with Gasteiger partial charge in [0.05, 0.1) is 24.9 Å². The molecule has 0 saturated heterocycles. The van der Waals surface area contributed by atoms with Gasteiger partial charge in [-0.25, -0.2) is 0 Å². The maximum atomic E-state index is 12.5. The van der Waals surface area contributed by atoms with Crippen LogP contribution in [-0.4, -0.2) is 26.0 Å². The third-order valence-corrected chi connectivity index (χ3v) is 4.34. The van der Waals surface area contributed by atoms with Crippen LogP contribution in [-0.2, 0) is 4.79 Å². The smallest absolute Gasteiger partial charge is 0.255 e. The summed E-state index contributed by atoms with van der Waals surface area (Å²) in [4.78, 5) is 23.6. The van der Waals surface area contributed by atoms with Crippen LogP contribution < -0.4 is 20.1 Å². The molecule has 0 atom stereocenters. The molecule has 0 unspecified atom stereocenters. The highest BCUT2D eigenvalue weighted by Crippen LogP contribution is 2.36. The van der Waals surface area contributed by atoms with Gasteiger partial charge in [0, 0.05) is 18.2 Å². The molecule has 2 aromatic carbocycles. The minimum Gasteiger partial charge on any atom is -0.495 e. The molecule has 0 saturated carbocycles. The number of nitrogens with one attached hydrogen (secondary N) is 2. The van der Waals surface area contributed by atoms with Crippen molar-refractivity contribution in [2.75, 3.05) is 24.9 Å². The summed E-state index contributed by atoms with van der Waals surface area (Å²) in [6.07, 6.45) is 0. The van der Waals surface area contributed by atoms with Crippen LogP contribution >= 0.6 is 27.5 Å². The number of anilines is 2. The first-order valence-corrected chi connectivity index (χ1v) is 8.32. The lowest BCUT2D eigenvalue weighted by atomic mass is 10.1. The average Bonchev–Trinajstić information content (AvgIpc) is 2.57. The Hall–Kier alpha value is -2.25. The van der Waals surface area contributed by atoms with Gasteiger partial charge in [-0.3, -0.25) is 9.59 Å². The van der Waals surface area contributed by atoms with E-state index in [1.165, 1.54) is 21.1 Å². The van der Waals surface area contributed by atoms with Crippen molar-refractivity contribution in [2.45, 2.75) is 6.92 Å². The molecular formula is C17H16BrClN2O4. The summed E-state index contributed by atoms with van der Waals surface area (Å²) in [5, 5.41) is 5.66. The highest BCUT2D eigenvalue weighted by atomic mass is 79.9. The van der Waals surface area contributed by atoms with E-state index >= 15 is 0 Å². The Balaban J connectivity index is 2.25. The second kappa shape index (κ2) is 8.22. The normalized spacial score (nSPS) is 10.1. The molecule has 2 amide bonds. The van der Waals surface area contributed by atoms with Crippen LogP contribution in [0.25, 0.3) is 0 Å². The van der Waals surface area contributed by atoms with Gasteiger partial charge < -0.3 is 20.1 Å². The Bertz CT molecular complexity index is 801. The first-order chi connectivity index (χ1) is 11.8. The molecule has 0 aliphatic rings. The number of carbonyl (C=O) groups is 2. The number of carbonyl (C=O) groups excluding carboxylic acids is 2. The lowest BCUT2D eigenvalue weighted by Gasteiger charge is -2.12. The summed E-state index contributed by atoms with van der Waals surface area (Å²) in [5.41, 5.74) is 1.32. The highest BCUT2D eigenvalue weighted by Gasteiger charge is 2.15. The molecule has 2 rings (SSSR count). The molecule has 2 aromatic rings. The summed E-state index contributed by atoms with van der Waals surface area (Å²) in [5.74, 6) is 0.368. The van der Waals surface area contributed by atoms with E-state index in [2.05, 4.69) is 26.6 Å². The van der Waals surface area contributed by atoms with E-state index in [1.54, 1.807) is 30.3 Å². The second-order valence-electron chi connectivity index (χ2n) is 5.02. The Morgan fingerprint density at radius 3 is 2.12 bits per heavy atom. The fourth-order valence-corrected chi connectivity index (χ4v) is 2.87. The zero-order chi connectivity index (χ0) is 18.6. The third kappa shape index (κ3) is 4.64. The molecule has 132 valence electrons. The molecular weight excluding hydrogens is 412 g/mol. The van der Waals surface area contributed by atoms with Crippen molar-refractivity contribution < 1.29 is 19.1 Å². The molecule has 0 aromatic heterocycles. The zero-order valence-corrected chi connectivity index (χ0v) is 16.1. The molecule has 0 bridgehead atoms. The largest absolute Gasteiger partial charge is 0.495 e. The monoisotopic (exact) mass is 426 g/mol. The summed E-state index contributed by atoms with van der Waals surface area (Å²) in [7, 11) is 3.00. The number of ether oxygens (including phenoxy) is 2. The van der Waals surface area contributed by atoms with Gasteiger partial charge in [-0.2, -0.15) is 0 Å². The fourth-order valence-electron chi connectivity index (χ4n) is 2.09. The van der Waals surface area contributed by atoms with Gasteiger partial charge in [-0.05, 0) is 46.3 Å². The van der Waals surface area contributed by atoms with E-state index in [4.69, 9.17) is 21.1 Å². The van der Waals surface area contributed by atoms with Gasteiger partial charge in [0.15, 0.2) is 0 Å². The molecule has 6 nitrogen and oxygen atoms in total. The topological polar surface area (TPSA) is 76.7 Å². The van der Waals surface area contributed by atoms with Crippen LogP contribution in [0.5, 0.6) is 11.5 Å². The Labute approximate surface area is 158 Å². The maximum Gasteiger partial charge on any atom is 0.255 e. The van der Waals surface area contributed by atoms with Crippen LogP contribution in [0, 0.1) is 0 Å². The predicted molar refractivity (Wildman–Crippen MR) is 101 cm³/mol. The van der Waals surface area contributed by atoms with Gasteiger partial charge in [0.1, 0.15) is 16.0 Å². The van der Waals surface area contributed by atoms with E-state index < -0.39 is 0 Å². The molecule has 2 N–H and O–H groups in total. The van der Waals surface area contributed by atoms with E-state index in [9.17, 15) is 9.59 Å². The van der Waals surface area contributed by atoms with Gasteiger partial charge >= 0.3 is 0 Å². The van der Waals surface area contributed by atoms with E-state index in [-0.39, 0.29) is 11.8 Å². The lowest BCUT2D eigenvalue weighted by molar-refractivity contribution is -0.114. The molecule has 8 heteroatoms. The molecule has 0 radical (unpaired) electrons. The van der Waals surface area contributed by atoms with Crippen LogP contribution in [0.15, 0.2) is 34.8 Å². The number of hydrogen-bond donors (Lipinski definition) is 2. The number of rotatable bonds is 5. The van der Waals surface area contributed by atoms with Gasteiger partial charge in [0.2, 0.25) is 5.91 Å². The highest BCUT2D eigenvalue weighted by molar-refractivity contribution is 9.10. The van der Waals surface area contributed by atoms with Crippen molar-refractivity contribution in [3.8, 4) is 11.5 Å². The number of halogens is 2. The predicted octanol–water partition coefficient (Wildman–Crippen LogP) is 4.33. The SMILES string of the molecule is COc1cc(C(=O)Nc2ccc(NC(C)=O)c(Cl)c2)cc(OC)c1Br. The van der Waals surface area contributed by atoms with Gasteiger partial charge in [-0.15, -0.1) is 0 Å². The van der Waals surface area contributed by atoms with Gasteiger partial charge in [0.25, 0.3) is 5.91 Å². The Morgan fingerprint density at radius 1 is 1.04 bits per heavy atom. The van der Waals surface area contributed by atoms with Crippen LogP contribution in [0.1, 0.15) is 17.3 Å². The molecule has 0 heterocycles. The Morgan fingerprint density at radius 2 is 1.64 bits per heavy atom. The summed E-state index contributed by atoms with van der Waals surface area (Å²) in [6.45, 7) is 1.39. The van der Waals surface area contributed by atoms with Crippen LogP contribution in [0.3, 0.4) is 0 Å². The second-order valence-corrected chi connectivity index (χ2v) is 6.22. The lowest BCUT2D eigenvalue weighted by Crippen LogP contribution is -2.13. The van der Waals surface area contributed by atoms with Crippen LogP contribution in [0.4, 0.5) is 11.4 Å². The van der Waals surface area contributed by atoms with E-state index in [0.29, 0.717) is 37.9 Å². The van der Waals surface area contributed by atoms with Crippen molar-refractivity contribution in [3.05, 3.63) is 45.4 Å². The third-order valence-electron chi connectivity index (χ3n) is 3.25. The van der Waals surface area contributed by atoms with E-state index in [1.807, 2.05) is 0 Å². The molecule has 0 aliphatic heterocycles. The van der Waals surface area contributed by atoms with E-state index in [0.717, 1.165) is 0 Å². The number of hydrogen-bond acceptors (Lipinski definition) is 4. The van der Waals surface area contributed by atoms with Crippen molar-refractivity contribution in [3.63, 3.8) is 0 Å². The fraction of sp³-hybridized carbons (Fsp3) is 0.176. The van der Waals surface area contributed by atoms with Crippen molar-refractivity contribution in [1.29, 1.82) is 0 Å². The summed E-state index contributed by atoms with van der Waals surface area (Å²) in [6, 6.07) is 7.99. The first-order valence-electron chi connectivity index (χ1n) is 7.15. The minimum atomic E-state index is -0.354. The molecule has 0 aliphatic carbocycles. The summed E-state index contributed by atoms with van der Waals surface area (Å²) < 4.78 is 11.1. The molecule has 0 fully saturated rings. The quantitative estimate of drug-likeness (QED) is 0.744. The first kappa shape index (κ1) is 19.1. The molecule has 0 spiro atoms.